The fourth-order valence-electron chi connectivity index (χ4n) is 1.06. The fourth-order valence-corrected chi connectivity index (χ4v) is 1.06. The third-order valence-electron chi connectivity index (χ3n) is 1.66. The van der Waals surface area contributed by atoms with Gasteiger partial charge in [-0.2, -0.15) is 0 Å². The van der Waals surface area contributed by atoms with Crippen molar-refractivity contribution in [2.75, 3.05) is 19.7 Å². The molecule has 3 heteroatoms. The average molecular weight is 155 g/mol. The fraction of sp³-hybridized carbons (Fsp3) is 0.625. The molecule has 0 aliphatic carbocycles. The third-order valence-corrected chi connectivity index (χ3v) is 1.66. The van der Waals surface area contributed by atoms with E-state index in [2.05, 4.69) is 11.9 Å². The largest absolute Gasteiger partial charge is 0.375 e. The highest BCUT2D eigenvalue weighted by atomic mass is 16.5. The minimum atomic E-state index is 0.0502. The van der Waals surface area contributed by atoms with E-state index < -0.39 is 0 Å². The predicted molar refractivity (Wildman–Crippen MR) is 42.4 cm³/mol. The Morgan fingerprint density at radius 1 is 1.82 bits per heavy atom. The molecule has 1 saturated heterocycles. The molecule has 0 saturated carbocycles. The lowest BCUT2D eigenvalue weighted by atomic mass is 10.1. The maximum Gasteiger partial charge on any atom is 0.157 e. The van der Waals surface area contributed by atoms with E-state index in [0.717, 1.165) is 13.1 Å². The van der Waals surface area contributed by atoms with Gasteiger partial charge in [-0.05, 0) is 6.08 Å². The highest BCUT2D eigenvalue weighted by Crippen LogP contribution is 2.01. The van der Waals surface area contributed by atoms with Crippen LogP contribution < -0.4 is 5.32 Å². The summed E-state index contributed by atoms with van der Waals surface area (Å²) in [7, 11) is 0. The van der Waals surface area contributed by atoms with E-state index in [9.17, 15) is 4.79 Å². The molecule has 0 bridgehead atoms. The van der Waals surface area contributed by atoms with Crippen molar-refractivity contribution < 1.29 is 9.53 Å². The van der Waals surface area contributed by atoms with Crippen LogP contribution in [-0.2, 0) is 9.53 Å². The van der Waals surface area contributed by atoms with Gasteiger partial charge in [-0.25, -0.2) is 0 Å². The Hall–Kier alpha value is -0.670. The zero-order valence-electron chi connectivity index (χ0n) is 6.51. The van der Waals surface area contributed by atoms with Gasteiger partial charge in [-0.3, -0.25) is 4.79 Å². The Morgan fingerprint density at radius 2 is 2.64 bits per heavy atom. The first-order chi connectivity index (χ1) is 5.33. The van der Waals surface area contributed by atoms with E-state index in [-0.39, 0.29) is 11.9 Å². The van der Waals surface area contributed by atoms with E-state index in [1.54, 1.807) is 0 Å². The Balaban J connectivity index is 2.24. The molecular formula is C8H13NO2. The molecule has 0 radical (unpaired) electrons. The summed E-state index contributed by atoms with van der Waals surface area (Å²) in [6, 6.07) is 0. The monoisotopic (exact) mass is 155 g/mol. The topological polar surface area (TPSA) is 38.3 Å². The Labute approximate surface area is 66.4 Å². The number of carbonyl (C=O) groups is 1. The van der Waals surface area contributed by atoms with Crippen LogP contribution in [0.1, 0.15) is 6.42 Å². The van der Waals surface area contributed by atoms with E-state index in [1.165, 1.54) is 6.08 Å². The van der Waals surface area contributed by atoms with Gasteiger partial charge >= 0.3 is 0 Å². The second-order valence-corrected chi connectivity index (χ2v) is 2.57. The van der Waals surface area contributed by atoms with Crippen molar-refractivity contribution in [2.45, 2.75) is 12.5 Å². The number of hydrogen-bond acceptors (Lipinski definition) is 3. The minimum Gasteiger partial charge on any atom is -0.375 e. The van der Waals surface area contributed by atoms with Crippen LogP contribution in [0.25, 0.3) is 0 Å². The van der Waals surface area contributed by atoms with Crippen molar-refractivity contribution >= 4 is 5.78 Å². The minimum absolute atomic E-state index is 0.0502. The van der Waals surface area contributed by atoms with Crippen LogP contribution in [0.2, 0.25) is 0 Å². The molecule has 1 atom stereocenters. The highest BCUT2D eigenvalue weighted by Gasteiger charge is 2.15. The Morgan fingerprint density at radius 3 is 3.18 bits per heavy atom. The summed E-state index contributed by atoms with van der Waals surface area (Å²) >= 11 is 0. The summed E-state index contributed by atoms with van der Waals surface area (Å²) in [6.45, 7) is 5.77. The molecule has 1 heterocycles. The molecule has 1 unspecified atom stereocenters. The van der Waals surface area contributed by atoms with Gasteiger partial charge in [0.05, 0.1) is 12.7 Å². The maximum atomic E-state index is 10.9. The van der Waals surface area contributed by atoms with Crippen molar-refractivity contribution in [1.82, 2.24) is 5.32 Å². The number of morpholine rings is 1. The first-order valence-corrected chi connectivity index (χ1v) is 3.80. The summed E-state index contributed by atoms with van der Waals surface area (Å²) in [5.41, 5.74) is 0. The van der Waals surface area contributed by atoms with Crippen LogP contribution in [0.15, 0.2) is 12.7 Å². The molecule has 11 heavy (non-hydrogen) atoms. The SMILES string of the molecule is C=CC(=O)CC1CNCCO1. The van der Waals surface area contributed by atoms with Crippen LogP contribution >= 0.6 is 0 Å². The number of ether oxygens (including phenoxy) is 1. The van der Waals surface area contributed by atoms with Gasteiger partial charge < -0.3 is 10.1 Å². The summed E-state index contributed by atoms with van der Waals surface area (Å²) in [6.07, 6.45) is 1.85. The molecule has 62 valence electrons. The van der Waals surface area contributed by atoms with Crippen molar-refractivity contribution in [1.29, 1.82) is 0 Å². The molecule has 3 nitrogen and oxygen atoms in total. The molecule has 0 amide bonds. The van der Waals surface area contributed by atoms with Gasteiger partial charge in [0, 0.05) is 19.5 Å². The summed E-state index contributed by atoms with van der Waals surface area (Å²) in [5, 5.41) is 3.15. The van der Waals surface area contributed by atoms with Crippen molar-refractivity contribution in [2.24, 2.45) is 0 Å². The van der Waals surface area contributed by atoms with Crippen LogP contribution in [0.4, 0.5) is 0 Å². The Bertz CT molecular complexity index is 150. The van der Waals surface area contributed by atoms with E-state index in [4.69, 9.17) is 4.74 Å². The lowest BCUT2D eigenvalue weighted by Crippen LogP contribution is -2.39. The van der Waals surface area contributed by atoms with Crippen molar-refractivity contribution in [3.05, 3.63) is 12.7 Å². The average Bonchev–Trinajstić information content (AvgIpc) is 2.06. The summed E-state index contributed by atoms with van der Waals surface area (Å²) < 4.78 is 5.32. The number of hydrogen-bond donors (Lipinski definition) is 1. The van der Waals surface area contributed by atoms with Crippen LogP contribution in [0.5, 0.6) is 0 Å². The Kier molecular flexibility index (Phi) is 3.26. The first kappa shape index (κ1) is 8.43. The molecule has 1 fully saturated rings. The second kappa shape index (κ2) is 4.26. The molecular weight excluding hydrogens is 142 g/mol. The van der Waals surface area contributed by atoms with Gasteiger partial charge in [0.15, 0.2) is 5.78 Å². The van der Waals surface area contributed by atoms with Gasteiger partial charge in [-0.1, -0.05) is 6.58 Å². The van der Waals surface area contributed by atoms with Gasteiger partial charge in [0.2, 0.25) is 0 Å². The molecule has 1 N–H and O–H groups in total. The molecule has 1 rings (SSSR count). The maximum absolute atomic E-state index is 10.9. The van der Waals surface area contributed by atoms with Gasteiger partial charge in [0.1, 0.15) is 0 Å². The van der Waals surface area contributed by atoms with Crippen LogP contribution in [0, 0.1) is 0 Å². The van der Waals surface area contributed by atoms with E-state index >= 15 is 0 Å². The van der Waals surface area contributed by atoms with Gasteiger partial charge in [0.25, 0.3) is 0 Å². The lowest BCUT2D eigenvalue weighted by molar-refractivity contribution is -0.117. The number of nitrogens with one attached hydrogen (secondary N) is 1. The molecule has 0 aromatic heterocycles. The number of ketones is 1. The number of allylic oxidation sites excluding steroid dienone is 1. The van der Waals surface area contributed by atoms with Gasteiger partial charge in [-0.15, -0.1) is 0 Å². The highest BCUT2D eigenvalue weighted by molar-refractivity contribution is 5.89. The predicted octanol–water partition coefficient (Wildman–Crippen LogP) is 0.120. The number of rotatable bonds is 3. The second-order valence-electron chi connectivity index (χ2n) is 2.57. The molecule has 0 spiro atoms. The smallest absolute Gasteiger partial charge is 0.157 e. The number of carbonyl (C=O) groups excluding carboxylic acids is 1. The lowest BCUT2D eigenvalue weighted by Gasteiger charge is -2.22. The normalized spacial score (nSPS) is 24.5. The zero-order chi connectivity index (χ0) is 8.10. The van der Waals surface area contributed by atoms with Crippen molar-refractivity contribution in [3.63, 3.8) is 0 Å². The van der Waals surface area contributed by atoms with E-state index in [0.29, 0.717) is 13.0 Å². The van der Waals surface area contributed by atoms with E-state index in [1.807, 2.05) is 0 Å². The molecule has 1 aliphatic rings. The standard InChI is InChI=1S/C8H13NO2/c1-2-7(10)5-8-6-9-3-4-11-8/h2,8-9H,1,3-6H2. The third kappa shape index (κ3) is 2.82. The zero-order valence-corrected chi connectivity index (χ0v) is 6.51. The van der Waals surface area contributed by atoms with Crippen LogP contribution in [0.3, 0.4) is 0 Å². The van der Waals surface area contributed by atoms with Crippen molar-refractivity contribution in [3.8, 4) is 0 Å². The summed E-state index contributed by atoms with van der Waals surface area (Å²) in [5.74, 6) is 0.0544. The molecule has 1 aliphatic heterocycles. The first-order valence-electron chi connectivity index (χ1n) is 3.80. The van der Waals surface area contributed by atoms with Crippen LogP contribution in [-0.4, -0.2) is 31.6 Å². The summed E-state index contributed by atoms with van der Waals surface area (Å²) in [4.78, 5) is 10.9. The molecule has 0 aromatic rings. The molecule has 0 aromatic carbocycles. The quantitative estimate of drug-likeness (QED) is 0.588.